The Labute approximate surface area is 98.6 Å². The van der Waals surface area contributed by atoms with E-state index < -0.39 is 0 Å². The molecule has 0 unspecified atom stereocenters. The molecule has 0 atom stereocenters. The molecule has 2 aromatic rings. The summed E-state index contributed by atoms with van der Waals surface area (Å²) in [5.41, 5.74) is 12.8. The molecule has 2 rings (SSSR count). The van der Waals surface area contributed by atoms with Crippen LogP contribution in [-0.4, -0.2) is 16.5 Å². The molecule has 84 valence electrons. The largest absolute Gasteiger partial charge is 0.368 e. The predicted octanol–water partition coefficient (Wildman–Crippen LogP) is 1.76. The Hall–Kier alpha value is -1.39. The van der Waals surface area contributed by atoms with Crippen molar-refractivity contribution >= 4 is 28.5 Å². The first-order chi connectivity index (χ1) is 7.72. The zero-order valence-electron chi connectivity index (χ0n) is 8.78. The number of nitrogens with two attached hydrogens (primary N) is 2. The maximum Gasteiger partial charge on any atom is 0.220 e. The van der Waals surface area contributed by atoms with Crippen molar-refractivity contribution in [2.75, 3.05) is 12.3 Å². The molecular weight excluding hydrogens is 224 g/mol. The van der Waals surface area contributed by atoms with Gasteiger partial charge in [-0.3, -0.25) is 0 Å². The summed E-state index contributed by atoms with van der Waals surface area (Å²) in [5, 5.41) is 1.55. The van der Waals surface area contributed by atoms with Crippen LogP contribution in [0.3, 0.4) is 0 Å². The minimum atomic E-state index is 0.257. The third-order valence-corrected chi connectivity index (χ3v) is 2.70. The maximum absolute atomic E-state index is 6.06. The highest BCUT2D eigenvalue weighted by atomic mass is 35.5. The monoisotopic (exact) mass is 236 g/mol. The van der Waals surface area contributed by atoms with Crippen LogP contribution in [0, 0.1) is 0 Å². The summed E-state index contributed by atoms with van der Waals surface area (Å²) in [4.78, 5) is 8.38. The van der Waals surface area contributed by atoms with Crippen LogP contribution >= 0.6 is 11.6 Å². The molecule has 1 aromatic carbocycles. The topological polar surface area (TPSA) is 77.8 Å². The first-order valence-corrected chi connectivity index (χ1v) is 5.51. The van der Waals surface area contributed by atoms with Gasteiger partial charge < -0.3 is 11.5 Å². The fraction of sp³-hybridized carbons (Fsp3) is 0.273. The quantitative estimate of drug-likeness (QED) is 0.851. The predicted molar refractivity (Wildman–Crippen MR) is 66.3 cm³/mol. The van der Waals surface area contributed by atoms with Gasteiger partial charge in [-0.15, -0.1) is 0 Å². The summed E-state index contributed by atoms with van der Waals surface area (Å²) in [7, 11) is 0. The standard InChI is InChI=1S/C11H13ClN4/c12-8-4-1-3-7-9(5-2-6-13)15-11(14)16-10(7)8/h1,3-4H,2,5-6,13H2,(H2,14,15,16). The molecule has 0 radical (unpaired) electrons. The fourth-order valence-corrected chi connectivity index (χ4v) is 1.88. The van der Waals surface area contributed by atoms with Crippen molar-refractivity contribution in [2.45, 2.75) is 12.8 Å². The van der Waals surface area contributed by atoms with Gasteiger partial charge >= 0.3 is 0 Å². The number of rotatable bonds is 3. The highest BCUT2D eigenvalue weighted by Crippen LogP contribution is 2.24. The van der Waals surface area contributed by atoms with Crippen molar-refractivity contribution in [3.8, 4) is 0 Å². The van der Waals surface area contributed by atoms with E-state index >= 15 is 0 Å². The van der Waals surface area contributed by atoms with Crippen LogP contribution < -0.4 is 11.5 Å². The van der Waals surface area contributed by atoms with Crippen molar-refractivity contribution in [2.24, 2.45) is 5.73 Å². The first-order valence-electron chi connectivity index (χ1n) is 5.13. The third-order valence-electron chi connectivity index (χ3n) is 2.39. The number of anilines is 1. The lowest BCUT2D eigenvalue weighted by Gasteiger charge is -2.06. The molecule has 0 aliphatic carbocycles. The Kier molecular flexibility index (Phi) is 3.22. The van der Waals surface area contributed by atoms with Crippen LogP contribution in [-0.2, 0) is 6.42 Å². The molecule has 0 aliphatic rings. The average Bonchev–Trinajstić information content (AvgIpc) is 2.27. The van der Waals surface area contributed by atoms with Gasteiger partial charge in [0.15, 0.2) is 0 Å². The van der Waals surface area contributed by atoms with E-state index in [9.17, 15) is 0 Å². The van der Waals surface area contributed by atoms with E-state index in [2.05, 4.69) is 9.97 Å². The lowest BCUT2D eigenvalue weighted by Crippen LogP contribution is -2.05. The van der Waals surface area contributed by atoms with Crippen molar-refractivity contribution < 1.29 is 0 Å². The molecule has 5 heteroatoms. The summed E-state index contributed by atoms with van der Waals surface area (Å²) in [5.74, 6) is 0.257. The molecule has 16 heavy (non-hydrogen) atoms. The number of hydrogen-bond donors (Lipinski definition) is 2. The molecule has 1 heterocycles. The SMILES string of the molecule is NCCCc1nc(N)nc2c(Cl)cccc12. The normalized spacial score (nSPS) is 10.9. The maximum atomic E-state index is 6.06. The van der Waals surface area contributed by atoms with Gasteiger partial charge in [0, 0.05) is 5.39 Å². The zero-order valence-corrected chi connectivity index (χ0v) is 9.54. The molecule has 0 amide bonds. The number of benzene rings is 1. The summed E-state index contributed by atoms with van der Waals surface area (Å²) in [6.45, 7) is 0.631. The highest BCUT2D eigenvalue weighted by molar-refractivity contribution is 6.35. The van der Waals surface area contributed by atoms with Crippen molar-refractivity contribution in [3.63, 3.8) is 0 Å². The Morgan fingerprint density at radius 1 is 1.25 bits per heavy atom. The molecular formula is C11H13ClN4. The number of para-hydroxylation sites is 1. The fourth-order valence-electron chi connectivity index (χ4n) is 1.66. The molecule has 4 nitrogen and oxygen atoms in total. The summed E-state index contributed by atoms with van der Waals surface area (Å²) in [6.07, 6.45) is 1.66. The van der Waals surface area contributed by atoms with E-state index in [1.807, 2.05) is 12.1 Å². The van der Waals surface area contributed by atoms with Crippen molar-refractivity contribution in [1.82, 2.24) is 9.97 Å². The Bertz CT molecular complexity index is 513. The molecule has 0 saturated carbocycles. The van der Waals surface area contributed by atoms with E-state index in [4.69, 9.17) is 23.1 Å². The number of fused-ring (bicyclic) bond motifs is 1. The second-order valence-corrected chi connectivity index (χ2v) is 3.96. The third kappa shape index (κ3) is 2.08. The first kappa shape index (κ1) is 11.1. The van der Waals surface area contributed by atoms with E-state index in [1.165, 1.54) is 0 Å². The number of aromatic nitrogens is 2. The number of nitrogens with zero attached hydrogens (tertiary/aromatic N) is 2. The van der Waals surface area contributed by atoms with Gasteiger partial charge in [-0.1, -0.05) is 23.7 Å². The van der Waals surface area contributed by atoms with Gasteiger partial charge in [-0.2, -0.15) is 0 Å². The van der Waals surface area contributed by atoms with E-state index in [0.717, 1.165) is 23.9 Å². The van der Waals surface area contributed by atoms with Gasteiger partial charge in [0.1, 0.15) is 0 Å². The lowest BCUT2D eigenvalue weighted by molar-refractivity contribution is 0.815. The second kappa shape index (κ2) is 4.63. The van der Waals surface area contributed by atoms with Crippen LogP contribution in [0.4, 0.5) is 5.95 Å². The average molecular weight is 237 g/mol. The molecule has 0 bridgehead atoms. The Morgan fingerprint density at radius 3 is 2.81 bits per heavy atom. The van der Waals surface area contributed by atoms with Gasteiger partial charge in [0.05, 0.1) is 16.2 Å². The summed E-state index contributed by atoms with van der Waals surface area (Å²) in [6, 6.07) is 5.63. The van der Waals surface area contributed by atoms with Gasteiger partial charge in [0.25, 0.3) is 0 Å². The summed E-state index contributed by atoms with van der Waals surface area (Å²) < 4.78 is 0. The van der Waals surface area contributed by atoms with Crippen LogP contribution in [0.25, 0.3) is 10.9 Å². The molecule has 0 spiro atoms. The molecule has 4 N–H and O–H groups in total. The van der Waals surface area contributed by atoms with E-state index in [-0.39, 0.29) is 5.95 Å². The smallest absolute Gasteiger partial charge is 0.220 e. The molecule has 0 saturated heterocycles. The summed E-state index contributed by atoms with van der Waals surface area (Å²) >= 11 is 6.06. The Balaban J connectivity index is 2.59. The van der Waals surface area contributed by atoms with Gasteiger partial charge in [-0.05, 0) is 25.5 Å². The molecule has 0 fully saturated rings. The van der Waals surface area contributed by atoms with Crippen LogP contribution in [0.15, 0.2) is 18.2 Å². The van der Waals surface area contributed by atoms with Crippen molar-refractivity contribution in [1.29, 1.82) is 0 Å². The van der Waals surface area contributed by atoms with Crippen LogP contribution in [0.2, 0.25) is 5.02 Å². The second-order valence-electron chi connectivity index (χ2n) is 3.56. The van der Waals surface area contributed by atoms with Crippen molar-refractivity contribution in [3.05, 3.63) is 28.9 Å². The van der Waals surface area contributed by atoms with Gasteiger partial charge in [0.2, 0.25) is 5.95 Å². The molecule has 1 aromatic heterocycles. The number of nitrogen functional groups attached to an aromatic ring is 1. The number of halogens is 1. The van der Waals surface area contributed by atoms with E-state index in [0.29, 0.717) is 17.1 Å². The minimum Gasteiger partial charge on any atom is -0.368 e. The zero-order chi connectivity index (χ0) is 11.5. The minimum absolute atomic E-state index is 0.257. The lowest BCUT2D eigenvalue weighted by atomic mass is 10.1. The molecule has 0 aliphatic heterocycles. The number of hydrogen-bond acceptors (Lipinski definition) is 4. The van der Waals surface area contributed by atoms with Crippen LogP contribution in [0.1, 0.15) is 12.1 Å². The highest BCUT2D eigenvalue weighted by Gasteiger charge is 2.08. The number of aryl methyl sites for hydroxylation is 1. The van der Waals surface area contributed by atoms with Crippen LogP contribution in [0.5, 0.6) is 0 Å². The Morgan fingerprint density at radius 2 is 2.06 bits per heavy atom. The van der Waals surface area contributed by atoms with Gasteiger partial charge in [-0.25, -0.2) is 9.97 Å². The van der Waals surface area contributed by atoms with E-state index in [1.54, 1.807) is 6.07 Å².